The van der Waals surface area contributed by atoms with Crippen LogP contribution >= 0.6 is 0 Å². The van der Waals surface area contributed by atoms with Crippen LogP contribution < -0.4 is 0 Å². The molecule has 114 valence electrons. The van der Waals surface area contributed by atoms with Crippen molar-refractivity contribution in [2.75, 3.05) is 26.2 Å². The Kier molecular flexibility index (Phi) is 4.46. The molecule has 3 fully saturated rings. The molecule has 0 radical (unpaired) electrons. The molecule has 3 aliphatic rings. The van der Waals surface area contributed by atoms with E-state index >= 15 is 0 Å². The number of ether oxygens (including phenoxy) is 1. The first-order chi connectivity index (χ1) is 9.75. The van der Waals surface area contributed by atoms with Crippen LogP contribution in [0.4, 0.5) is 4.79 Å². The number of cyclic esters (lactones) is 1. The molecule has 1 N–H and O–H groups in total. The molecule has 5 heteroatoms. The number of aliphatic hydroxyl groups excluding tert-OH is 1. The lowest BCUT2D eigenvalue weighted by Gasteiger charge is -2.44. The Morgan fingerprint density at radius 1 is 1.00 bits per heavy atom. The van der Waals surface area contributed by atoms with Crippen molar-refractivity contribution in [3.63, 3.8) is 0 Å². The average molecular weight is 282 g/mol. The highest BCUT2D eigenvalue weighted by Gasteiger charge is 2.35. The number of hydrogen-bond donors (Lipinski definition) is 1. The first-order valence-corrected chi connectivity index (χ1v) is 8.11. The molecule has 2 aliphatic heterocycles. The molecule has 1 aliphatic carbocycles. The molecule has 2 atom stereocenters. The fourth-order valence-electron chi connectivity index (χ4n) is 3.95. The van der Waals surface area contributed by atoms with Gasteiger partial charge in [-0.25, -0.2) is 4.79 Å². The number of nitrogens with zero attached hydrogens (tertiary/aromatic N) is 2. The second-order valence-corrected chi connectivity index (χ2v) is 6.35. The summed E-state index contributed by atoms with van der Waals surface area (Å²) >= 11 is 0. The van der Waals surface area contributed by atoms with Gasteiger partial charge in [0.05, 0.1) is 12.7 Å². The molecule has 0 bridgehead atoms. The van der Waals surface area contributed by atoms with Gasteiger partial charge in [0.25, 0.3) is 0 Å². The minimum atomic E-state index is -0.153. The Bertz CT molecular complexity index is 342. The zero-order valence-corrected chi connectivity index (χ0v) is 12.2. The number of piperidine rings is 1. The Morgan fingerprint density at radius 2 is 1.75 bits per heavy atom. The van der Waals surface area contributed by atoms with Crippen molar-refractivity contribution in [2.45, 2.75) is 63.1 Å². The van der Waals surface area contributed by atoms with Crippen molar-refractivity contribution >= 4 is 6.09 Å². The van der Waals surface area contributed by atoms with E-state index in [1.54, 1.807) is 0 Å². The van der Waals surface area contributed by atoms with Crippen LogP contribution in [0.3, 0.4) is 0 Å². The van der Waals surface area contributed by atoms with Gasteiger partial charge in [0.15, 0.2) is 0 Å². The van der Waals surface area contributed by atoms with Crippen LogP contribution in [-0.2, 0) is 4.74 Å². The first-order valence-electron chi connectivity index (χ1n) is 8.11. The second kappa shape index (κ2) is 6.31. The quantitative estimate of drug-likeness (QED) is 0.836. The highest BCUT2D eigenvalue weighted by molar-refractivity contribution is 5.68. The summed E-state index contributed by atoms with van der Waals surface area (Å²) in [6.45, 7) is 3.41. The van der Waals surface area contributed by atoms with Crippen LogP contribution in [-0.4, -0.2) is 65.4 Å². The lowest BCUT2D eigenvalue weighted by Crippen LogP contribution is -2.54. The van der Waals surface area contributed by atoms with Gasteiger partial charge in [-0.05, 0) is 32.1 Å². The van der Waals surface area contributed by atoms with Gasteiger partial charge >= 0.3 is 6.09 Å². The maximum absolute atomic E-state index is 11.8. The Labute approximate surface area is 120 Å². The maximum atomic E-state index is 11.8. The summed E-state index contributed by atoms with van der Waals surface area (Å²) in [6, 6.07) is 0.679. The minimum absolute atomic E-state index is 0.132. The normalized spacial score (nSPS) is 34.0. The van der Waals surface area contributed by atoms with E-state index in [0.29, 0.717) is 18.7 Å². The third-order valence-electron chi connectivity index (χ3n) is 5.11. The smallest absolute Gasteiger partial charge is 0.410 e. The van der Waals surface area contributed by atoms with Crippen molar-refractivity contribution in [1.82, 2.24) is 9.80 Å². The third kappa shape index (κ3) is 2.93. The summed E-state index contributed by atoms with van der Waals surface area (Å²) < 4.78 is 5.14. The second-order valence-electron chi connectivity index (χ2n) is 6.35. The van der Waals surface area contributed by atoms with Gasteiger partial charge in [0, 0.05) is 31.7 Å². The molecule has 0 aromatic rings. The Hall–Kier alpha value is -0.810. The van der Waals surface area contributed by atoms with Gasteiger partial charge < -0.3 is 14.7 Å². The van der Waals surface area contributed by atoms with Gasteiger partial charge in [-0.2, -0.15) is 0 Å². The topological polar surface area (TPSA) is 53.0 Å². The molecule has 1 saturated carbocycles. The maximum Gasteiger partial charge on any atom is 0.410 e. The molecule has 5 nitrogen and oxygen atoms in total. The predicted molar refractivity (Wildman–Crippen MR) is 75.5 cm³/mol. The molecule has 2 saturated heterocycles. The van der Waals surface area contributed by atoms with Crippen LogP contribution in [0.15, 0.2) is 0 Å². The third-order valence-corrected chi connectivity index (χ3v) is 5.11. The molecular weight excluding hydrogens is 256 g/mol. The molecule has 3 rings (SSSR count). The molecule has 0 spiro atoms. The predicted octanol–water partition coefficient (Wildman–Crippen LogP) is 1.60. The van der Waals surface area contributed by atoms with E-state index in [2.05, 4.69) is 4.90 Å². The SMILES string of the molecule is O=C1OCCCN1C1CCN(C2CCCC[C@@H]2O)CC1. The fourth-order valence-corrected chi connectivity index (χ4v) is 3.95. The van der Waals surface area contributed by atoms with Crippen molar-refractivity contribution in [3.05, 3.63) is 0 Å². The number of carbonyl (C=O) groups is 1. The van der Waals surface area contributed by atoms with Gasteiger partial charge in [-0.1, -0.05) is 12.8 Å². The van der Waals surface area contributed by atoms with E-state index in [0.717, 1.165) is 58.2 Å². The summed E-state index contributed by atoms with van der Waals surface area (Å²) in [5.41, 5.74) is 0. The first kappa shape index (κ1) is 14.1. The van der Waals surface area contributed by atoms with Crippen LogP contribution in [0.1, 0.15) is 44.9 Å². The monoisotopic (exact) mass is 282 g/mol. The largest absolute Gasteiger partial charge is 0.449 e. The number of carbonyl (C=O) groups excluding carboxylic acids is 1. The van der Waals surface area contributed by atoms with E-state index in [1.165, 1.54) is 6.42 Å². The minimum Gasteiger partial charge on any atom is -0.449 e. The number of aliphatic hydroxyl groups is 1. The van der Waals surface area contributed by atoms with Gasteiger partial charge in [-0.3, -0.25) is 4.90 Å². The number of rotatable bonds is 2. The lowest BCUT2D eigenvalue weighted by atomic mass is 9.89. The zero-order chi connectivity index (χ0) is 13.9. The summed E-state index contributed by atoms with van der Waals surface area (Å²) in [7, 11) is 0. The number of likely N-dealkylation sites (tertiary alicyclic amines) is 1. The van der Waals surface area contributed by atoms with Crippen molar-refractivity contribution in [3.8, 4) is 0 Å². The highest BCUT2D eigenvalue weighted by atomic mass is 16.6. The van der Waals surface area contributed by atoms with Gasteiger partial charge in [0.1, 0.15) is 0 Å². The molecule has 2 heterocycles. The summed E-state index contributed by atoms with van der Waals surface area (Å²) in [4.78, 5) is 16.1. The molecule has 20 heavy (non-hydrogen) atoms. The van der Waals surface area contributed by atoms with Crippen LogP contribution in [0, 0.1) is 0 Å². The molecule has 1 unspecified atom stereocenters. The molecule has 0 aromatic heterocycles. The lowest BCUT2D eigenvalue weighted by molar-refractivity contribution is -0.00951. The number of amides is 1. The van der Waals surface area contributed by atoms with Gasteiger partial charge in [0.2, 0.25) is 0 Å². The van der Waals surface area contributed by atoms with Crippen LogP contribution in [0.2, 0.25) is 0 Å². The average Bonchev–Trinajstić information content (AvgIpc) is 2.49. The van der Waals surface area contributed by atoms with E-state index < -0.39 is 0 Å². The van der Waals surface area contributed by atoms with Crippen LogP contribution in [0.5, 0.6) is 0 Å². The molecule has 1 amide bonds. The summed E-state index contributed by atoms with van der Waals surface area (Å²) in [5, 5.41) is 10.2. The van der Waals surface area contributed by atoms with E-state index in [-0.39, 0.29) is 12.2 Å². The van der Waals surface area contributed by atoms with E-state index in [1.807, 2.05) is 4.90 Å². The molecule has 0 aromatic carbocycles. The van der Waals surface area contributed by atoms with Crippen molar-refractivity contribution in [2.24, 2.45) is 0 Å². The van der Waals surface area contributed by atoms with Crippen LogP contribution in [0.25, 0.3) is 0 Å². The van der Waals surface area contributed by atoms with E-state index in [4.69, 9.17) is 4.74 Å². The summed E-state index contributed by atoms with van der Waals surface area (Å²) in [6.07, 6.45) is 7.16. The van der Waals surface area contributed by atoms with E-state index in [9.17, 15) is 9.90 Å². The fraction of sp³-hybridized carbons (Fsp3) is 0.933. The molecular formula is C15H26N2O3. The van der Waals surface area contributed by atoms with Crippen molar-refractivity contribution < 1.29 is 14.6 Å². The van der Waals surface area contributed by atoms with Gasteiger partial charge in [-0.15, -0.1) is 0 Å². The zero-order valence-electron chi connectivity index (χ0n) is 12.2. The number of hydrogen-bond acceptors (Lipinski definition) is 4. The summed E-state index contributed by atoms with van der Waals surface area (Å²) in [5.74, 6) is 0. The van der Waals surface area contributed by atoms with Crippen molar-refractivity contribution in [1.29, 1.82) is 0 Å². The standard InChI is InChI=1S/C15H26N2O3/c18-14-5-2-1-4-13(14)16-9-6-12(7-10-16)17-8-3-11-20-15(17)19/h12-14,18H,1-11H2/t13?,14-/m0/s1. The Balaban J connectivity index is 1.52. The Morgan fingerprint density at radius 3 is 2.45 bits per heavy atom. The highest BCUT2D eigenvalue weighted by Crippen LogP contribution is 2.27.